The molecule has 2 nitrogen and oxygen atoms in total. The summed E-state index contributed by atoms with van der Waals surface area (Å²) in [5, 5.41) is 0. The summed E-state index contributed by atoms with van der Waals surface area (Å²) in [5.41, 5.74) is 0.874. The smallest absolute Gasteiger partial charge is 0.164 e. The minimum Gasteiger partial charge on any atom is -0.381 e. The maximum atomic E-state index is 12.0. The number of thiophene rings is 1. The summed E-state index contributed by atoms with van der Waals surface area (Å²) in [6.45, 7) is 3.55. The van der Waals surface area contributed by atoms with Gasteiger partial charge in [-0.1, -0.05) is 0 Å². The van der Waals surface area contributed by atoms with E-state index in [0.29, 0.717) is 12.3 Å². The van der Waals surface area contributed by atoms with E-state index >= 15 is 0 Å². The lowest BCUT2D eigenvalue weighted by atomic mass is 9.98. The normalized spacial score (nSPS) is 20.8. The third-order valence-electron chi connectivity index (χ3n) is 2.69. The predicted octanol–water partition coefficient (Wildman–Crippen LogP) is 3.43. The van der Waals surface area contributed by atoms with Crippen LogP contribution in [0.2, 0.25) is 0 Å². The standard InChI is InChI=1S/C11H13BrO2S/c1-7-9(5-11(12)15-7)10(13)4-8-2-3-14-6-8/h5,8H,2-4,6H2,1H3. The Labute approximate surface area is 102 Å². The highest BCUT2D eigenvalue weighted by Gasteiger charge is 2.21. The number of hydrogen-bond acceptors (Lipinski definition) is 3. The van der Waals surface area contributed by atoms with E-state index in [2.05, 4.69) is 15.9 Å². The van der Waals surface area contributed by atoms with Gasteiger partial charge in [-0.2, -0.15) is 0 Å². The zero-order chi connectivity index (χ0) is 10.8. The van der Waals surface area contributed by atoms with Crippen molar-refractivity contribution in [1.29, 1.82) is 0 Å². The summed E-state index contributed by atoms with van der Waals surface area (Å²) >= 11 is 5.03. The van der Waals surface area contributed by atoms with E-state index < -0.39 is 0 Å². The third kappa shape index (κ3) is 2.68. The second-order valence-corrected chi connectivity index (χ2v) is 6.51. The minimum atomic E-state index is 0.255. The molecule has 1 saturated heterocycles. The van der Waals surface area contributed by atoms with E-state index in [0.717, 1.165) is 33.9 Å². The average Bonchev–Trinajstić information content (AvgIpc) is 2.75. The molecular formula is C11H13BrO2S. The molecule has 2 rings (SSSR count). The van der Waals surface area contributed by atoms with Crippen molar-refractivity contribution in [3.05, 3.63) is 20.3 Å². The van der Waals surface area contributed by atoms with Gasteiger partial charge in [0.1, 0.15) is 0 Å². The summed E-state index contributed by atoms with van der Waals surface area (Å²) < 4.78 is 6.30. The highest BCUT2D eigenvalue weighted by molar-refractivity contribution is 9.11. The minimum absolute atomic E-state index is 0.255. The number of ketones is 1. The van der Waals surface area contributed by atoms with Crippen LogP contribution in [-0.4, -0.2) is 19.0 Å². The lowest BCUT2D eigenvalue weighted by Crippen LogP contribution is -2.08. The van der Waals surface area contributed by atoms with Crippen LogP contribution in [0.25, 0.3) is 0 Å². The van der Waals surface area contributed by atoms with E-state index in [1.165, 1.54) is 0 Å². The molecule has 82 valence electrons. The molecule has 0 spiro atoms. The maximum absolute atomic E-state index is 12.0. The molecule has 4 heteroatoms. The van der Waals surface area contributed by atoms with Gasteiger partial charge in [0, 0.05) is 30.1 Å². The van der Waals surface area contributed by atoms with E-state index in [9.17, 15) is 4.79 Å². The Morgan fingerprint density at radius 3 is 3.07 bits per heavy atom. The number of carbonyl (C=O) groups is 1. The first kappa shape index (κ1) is 11.3. The first-order valence-corrected chi connectivity index (χ1v) is 6.64. The van der Waals surface area contributed by atoms with Crippen LogP contribution >= 0.6 is 27.3 Å². The second-order valence-electron chi connectivity index (χ2n) is 3.88. The molecule has 0 amide bonds. The molecule has 1 atom stereocenters. The van der Waals surface area contributed by atoms with Crippen molar-refractivity contribution < 1.29 is 9.53 Å². The molecule has 1 fully saturated rings. The number of halogens is 1. The van der Waals surface area contributed by atoms with Crippen LogP contribution in [-0.2, 0) is 4.74 Å². The SMILES string of the molecule is Cc1sc(Br)cc1C(=O)CC1CCOC1. The first-order chi connectivity index (χ1) is 7.16. The summed E-state index contributed by atoms with van der Waals surface area (Å²) in [4.78, 5) is 13.1. The molecule has 1 aromatic rings. The van der Waals surface area contributed by atoms with Crippen molar-refractivity contribution in [3.63, 3.8) is 0 Å². The van der Waals surface area contributed by atoms with Gasteiger partial charge in [0.15, 0.2) is 5.78 Å². The van der Waals surface area contributed by atoms with Gasteiger partial charge >= 0.3 is 0 Å². The fourth-order valence-electron chi connectivity index (χ4n) is 1.84. The molecule has 1 aliphatic heterocycles. The molecule has 1 aliphatic rings. The van der Waals surface area contributed by atoms with Crippen molar-refractivity contribution >= 4 is 33.0 Å². The molecule has 0 aliphatic carbocycles. The Morgan fingerprint density at radius 1 is 1.73 bits per heavy atom. The van der Waals surface area contributed by atoms with Crippen molar-refractivity contribution in [3.8, 4) is 0 Å². The van der Waals surface area contributed by atoms with Gasteiger partial charge in [0.2, 0.25) is 0 Å². The van der Waals surface area contributed by atoms with Gasteiger partial charge in [-0.15, -0.1) is 11.3 Å². The molecule has 15 heavy (non-hydrogen) atoms. The molecule has 1 aromatic heterocycles. The van der Waals surface area contributed by atoms with Crippen molar-refractivity contribution in [1.82, 2.24) is 0 Å². The van der Waals surface area contributed by atoms with Crippen molar-refractivity contribution in [2.75, 3.05) is 13.2 Å². The van der Waals surface area contributed by atoms with Crippen LogP contribution in [0.4, 0.5) is 0 Å². The molecule has 0 N–H and O–H groups in total. The van der Waals surface area contributed by atoms with Crippen LogP contribution in [0.5, 0.6) is 0 Å². The molecule has 0 radical (unpaired) electrons. The highest BCUT2D eigenvalue weighted by Crippen LogP contribution is 2.29. The van der Waals surface area contributed by atoms with Gasteiger partial charge in [-0.25, -0.2) is 0 Å². The monoisotopic (exact) mass is 288 g/mol. The lowest BCUT2D eigenvalue weighted by molar-refractivity contribution is 0.0952. The van der Waals surface area contributed by atoms with Crippen LogP contribution in [0.1, 0.15) is 28.1 Å². The van der Waals surface area contributed by atoms with E-state index in [4.69, 9.17) is 4.74 Å². The average molecular weight is 289 g/mol. The van der Waals surface area contributed by atoms with Gasteiger partial charge in [0.05, 0.1) is 3.79 Å². The topological polar surface area (TPSA) is 26.3 Å². The Hall–Kier alpha value is -0.190. The van der Waals surface area contributed by atoms with Crippen molar-refractivity contribution in [2.24, 2.45) is 5.92 Å². The number of Topliss-reactive ketones (excluding diaryl/α,β-unsaturated/α-hetero) is 1. The second kappa shape index (κ2) is 4.76. The van der Waals surface area contributed by atoms with Gasteiger partial charge in [-0.3, -0.25) is 4.79 Å². The summed E-state index contributed by atoms with van der Waals surface area (Å²) in [6.07, 6.45) is 1.65. The number of carbonyl (C=O) groups excluding carboxylic acids is 1. The van der Waals surface area contributed by atoms with Gasteiger partial charge < -0.3 is 4.74 Å². The molecule has 0 saturated carbocycles. The van der Waals surface area contributed by atoms with E-state index in [1.54, 1.807) is 11.3 Å². The number of rotatable bonds is 3. The summed E-state index contributed by atoms with van der Waals surface area (Å²) in [5.74, 6) is 0.681. The van der Waals surface area contributed by atoms with E-state index in [-0.39, 0.29) is 5.78 Å². The summed E-state index contributed by atoms with van der Waals surface area (Å²) in [6, 6.07) is 1.93. The van der Waals surface area contributed by atoms with Gasteiger partial charge in [-0.05, 0) is 41.3 Å². The fraction of sp³-hybridized carbons (Fsp3) is 0.545. The highest BCUT2D eigenvalue weighted by atomic mass is 79.9. The van der Waals surface area contributed by atoms with Crippen LogP contribution in [0.3, 0.4) is 0 Å². The number of ether oxygens (including phenoxy) is 1. The third-order valence-corrected chi connectivity index (χ3v) is 4.24. The zero-order valence-corrected chi connectivity index (χ0v) is 11.0. The first-order valence-electron chi connectivity index (χ1n) is 5.03. The van der Waals surface area contributed by atoms with Crippen LogP contribution in [0, 0.1) is 12.8 Å². The Morgan fingerprint density at radius 2 is 2.53 bits per heavy atom. The quantitative estimate of drug-likeness (QED) is 0.797. The van der Waals surface area contributed by atoms with Crippen LogP contribution in [0.15, 0.2) is 9.85 Å². The molecular weight excluding hydrogens is 276 g/mol. The van der Waals surface area contributed by atoms with Crippen molar-refractivity contribution in [2.45, 2.75) is 19.8 Å². The van der Waals surface area contributed by atoms with E-state index in [1.807, 2.05) is 13.0 Å². The van der Waals surface area contributed by atoms with Crippen LogP contribution < -0.4 is 0 Å². The largest absolute Gasteiger partial charge is 0.381 e. The number of aryl methyl sites for hydroxylation is 1. The predicted molar refractivity (Wildman–Crippen MR) is 64.6 cm³/mol. The molecule has 2 heterocycles. The fourth-order valence-corrected chi connectivity index (χ4v) is 3.55. The molecule has 0 aromatic carbocycles. The summed E-state index contributed by atoms with van der Waals surface area (Å²) in [7, 11) is 0. The Bertz CT molecular complexity index is 367. The Kier molecular flexibility index (Phi) is 3.59. The van der Waals surface area contributed by atoms with Gasteiger partial charge in [0.25, 0.3) is 0 Å². The zero-order valence-electron chi connectivity index (χ0n) is 8.59. The maximum Gasteiger partial charge on any atom is 0.164 e. The molecule has 0 bridgehead atoms. The number of hydrogen-bond donors (Lipinski definition) is 0. The molecule has 1 unspecified atom stereocenters. The lowest BCUT2D eigenvalue weighted by Gasteiger charge is -2.05. The Balaban J connectivity index is 2.03.